The van der Waals surface area contributed by atoms with E-state index in [1.54, 1.807) is 0 Å². The fraction of sp³-hybridized carbons (Fsp3) is 0.438. The Labute approximate surface area is 109 Å². The van der Waals surface area contributed by atoms with E-state index in [4.69, 9.17) is 4.74 Å². The van der Waals surface area contributed by atoms with Crippen molar-refractivity contribution in [2.24, 2.45) is 11.8 Å². The van der Waals surface area contributed by atoms with Crippen molar-refractivity contribution in [3.8, 4) is 0 Å². The van der Waals surface area contributed by atoms with Crippen LogP contribution in [0.1, 0.15) is 32.3 Å². The molecular formula is C16H20O2. The fourth-order valence-corrected chi connectivity index (χ4v) is 2.35. The van der Waals surface area contributed by atoms with E-state index in [0.29, 0.717) is 12.5 Å². The van der Waals surface area contributed by atoms with Crippen molar-refractivity contribution >= 4 is 12.0 Å². The molecule has 1 aliphatic rings. The van der Waals surface area contributed by atoms with Crippen LogP contribution in [0.4, 0.5) is 0 Å². The first-order valence-corrected chi connectivity index (χ1v) is 6.68. The Balaban J connectivity index is 2.04. The summed E-state index contributed by atoms with van der Waals surface area (Å²) in [4.78, 5) is 11.6. The summed E-state index contributed by atoms with van der Waals surface area (Å²) in [7, 11) is 0. The van der Waals surface area contributed by atoms with Gasteiger partial charge in [-0.1, -0.05) is 48.9 Å². The topological polar surface area (TPSA) is 26.3 Å². The summed E-state index contributed by atoms with van der Waals surface area (Å²) in [6.07, 6.45) is 4.16. The zero-order chi connectivity index (χ0) is 13.0. The SMILES string of the molecule is CCOC(=O)C1CC1/C(=C/c1ccccc1)CC. The van der Waals surface area contributed by atoms with Gasteiger partial charge in [-0.05, 0) is 31.2 Å². The monoisotopic (exact) mass is 244 g/mol. The van der Waals surface area contributed by atoms with Gasteiger partial charge in [0.1, 0.15) is 0 Å². The lowest BCUT2D eigenvalue weighted by molar-refractivity contribution is -0.144. The second-order valence-corrected chi connectivity index (χ2v) is 4.68. The smallest absolute Gasteiger partial charge is 0.309 e. The molecule has 0 N–H and O–H groups in total. The van der Waals surface area contributed by atoms with E-state index in [0.717, 1.165) is 12.8 Å². The van der Waals surface area contributed by atoms with Crippen LogP contribution in [0.5, 0.6) is 0 Å². The number of carbonyl (C=O) groups is 1. The zero-order valence-electron chi connectivity index (χ0n) is 11.1. The summed E-state index contributed by atoms with van der Waals surface area (Å²) in [6.45, 7) is 4.48. The molecule has 2 heteroatoms. The van der Waals surface area contributed by atoms with Crippen LogP contribution in [-0.4, -0.2) is 12.6 Å². The number of allylic oxidation sites excluding steroid dienone is 1. The quantitative estimate of drug-likeness (QED) is 0.738. The molecule has 2 unspecified atom stereocenters. The molecule has 0 saturated heterocycles. The molecule has 0 aliphatic heterocycles. The first-order chi connectivity index (χ1) is 8.76. The molecule has 0 amide bonds. The predicted octanol–water partition coefficient (Wildman–Crippen LogP) is 3.68. The molecule has 2 rings (SSSR count). The predicted molar refractivity (Wildman–Crippen MR) is 72.9 cm³/mol. The normalized spacial score (nSPS) is 22.7. The maximum absolute atomic E-state index is 11.6. The van der Waals surface area contributed by atoms with Gasteiger partial charge in [0, 0.05) is 0 Å². The molecule has 0 radical (unpaired) electrons. The van der Waals surface area contributed by atoms with Gasteiger partial charge in [0.05, 0.1) is 12.5 Å². The molecule has 1 aromatic rings. The van der Waals surface area contributed by atoms with Gasteiger partial charge in [-0.25, -0.2) is 0 Å². The number of benzene rings is 1. The first-order valence-electron chi connectivity index (χ1n) is 6.68. The van der Waals surface area contributed by atoms with E-state index in [1.807, 2.05) is 25.1 Å². The van der Waals surface area contributed by atoms with Crippen LogP contribution in [-0.2, 0) is 9.53 Å². The lowest BCUT2D eigenvalue weighted by Gasteiger charge is -2.05. The molecule has 2 nitrogen and oxygen atoms in total. The van der Waals surface area contributed by atoms with Crippen LogP contribution < -0.4 is 0 Å². The first kappa shape index (κ1) is 12.9. The number of rotatable bonds is 5. The van der Waals surface area contributed by atoms with Gasteiger partial charge in [-0.3, -0.25) is 4.79 Å². The maximum Gasteiger partial charge on any atom is 0.309 e. The molecular weight excluding hydrogens is 224 g/mol. The number of hydrogen-bond acceptors (Lipinski definition) is 2. The van der Waals surface area contributed by atoms with Crippen molar-refractivity contribution in [2.75, 3.05) is 6.61 Å². The lowest BCUT2D eigenvalue weighted by Crippen LogP contribution is -2.08. The van der Waals surface area contributed by atoms with Gasteiger partial charge >= 0.3 is 5.97 Å². The molecule has 0 bridgehead atoms. The minimum absolute atomic E-state index is 0.0325. The van der Waals surface area contributed by atoms with Crippen LogP contribution in [0.2, 0.25) is 0 Å². The van der Waals surface area contributed by atoms with Crippen LogP contribution in [0.3, 0.4) is 0 Å². The van der Waals surface area contributed by atoms with E-state index >= 15 is 0 Å². The van der Waals surface area contributed by atoms with Gasteiger partial charge in [-0.15, -0.1) is 0 Å². The zero-order valence-corrected chi connectivity index (χ0v) is 11.1. The minimum Gasteiger partial charge on any atom is -0.466 e. The largest absolute Gasteiger partial charge is 0.466 e. The number of esters is 1. The summed E-state index contributed by atoms with van der Waals surface area (Å²) >= 11 is 0. The molecule has 0 spiro atoms. The van der Waals surface area contributed by atoms with E-state index < -0.39 is 0 Å². The van der Waals surface area contributed by atoms with Crippen LogP contribution in [0, 0.1) is 11.8 Å². The van der Waals surface area contributed by atoms with Gasteiger partial charge in [-0.2, -0.15) is 0 Å². The van der Waals surface area contributed by atoms with Gasteiger partial charge < -0.3 is 4.74 Å². The van der Waals surface area contributed by atoms with Crippen molar-refractivity contribution in [3.05, 3.63) is 41.5 Å². The summed E-state index contributed by atoms with van der Waals surface area (Å²) in [6, 6.07) is 10.3. The van der Waals surface area contributed by atoms with Gasteiger partial charge in [0.25, 0.3) is 0 Å². The Morgan fingerprint density at radius 3 is 2.61 bits per heavy atom. The van der Waals surface area contributed by atoms with Crippen molar-refractivity contribution in [2.45, 2.75) is 26.7 Å². The molecule has 0 aromatic heterocycles. The second kappa shape index (κ2) is 5.85. The highest BCUT2D eigenvalue weighted by Crippen LogP contribution is 2.46. The fourth-order valence-electron chi connectivity index (χ4n) is 2.35. The minimum atomic E-state index is -0.0325. The van der Waals surface area contributed by atoms with E-state index in [2.05, 4.69) is 25.1 Å². The molecule has 96 valence electrons. The third-order valence-electron chi connectivity index (χ3n) is 3.42. The summed E-state index contributed by atoms with van der Waals surface area (Å²) in [5.74, 6) is 0.462. The Hall–Kier alpha value is -1.57. The molecule has 1 aliphatic carbocycles. The van der Waals surface area contributed by atoms with Crippen molar-refractivity contribution < 1.29 is 9.53 Å². The Morgan fingerprint density at radius 1 is 1.28 bits per heavy atom. The van der Waals surface area contributed by atoms with Gasteiger partial charge in [0.15, 0.2) is 0 Å². The number of ether oxygens (including phenoxy) is 1. The van der Waals surface area contributed by atoms with E-state index in [9.17, 15) is 4.79 Å². The molecule has 1 saturated carbocycles. The second-order valence-electron chi connectivity index (χ2n) is 4.68. The molecule has 1 fully saturated rings. The molecule has 18 heavy (non-hydrogen) atoms. The number of carbonyl (C=O) groups excluding carboxylic acids is 1. The highest BCUT2D eigenvalue weighted by molar-refractivity contribution is 5.77. The third-order valence-corrected chi connectivity index (χ3v) is 3.42. The van der Waals surface area contributed by atoms with E-state index in [1.165, 1.54) is 11.1 Å². The molecule has 1 aromatic carbocycles. The lowest BCUT2D eigenvalue weighted by atomic mass is 10.0. The molecule has 2 atom stereocenters. The Bertz CT molecular complexity index is 434. The average molecular weight is 244 g/mol. The van der Waals surface area contributed by atoms with E-state index in [-0.39, 0.29) is 11.9 Å². The van der Waals surface area contributed by atoms with Gasteiger partial charge in [0.2, 0.25) is 0 Å². The average Bonchev–Trinajstić information content (AvgIpc) is 3.18. The number of hydrogen-bond donors (Lipinski definition) is 0. The maximum atomic E-state index is 11.6. The summed E-state index contributed by atoms with van der Waals surface area (Å²) in [5.41, 5.74) is 2.57. The third kappa shape index (κ3) is 3.00. The summed E-state index contributed by atoms with van der Waals surface area (Å²) in [5, 5.41) is 0. The van der Waals surface area contributed by atoms with Crippen molar-refractivity contribution in [3.63, 3.8) is 0 Å². The molecule has 0 heterocycles. The van der Waals surface area contributed by atoms with Crippen molar-refractivity contribution in [1.29, 1.82) is 0 Å². The highest BCUT2D eigenvalue weighted by Gasteiger charge is 2.45. The van der Waals surface area contributed by atoms with Crippen molar-refractivity contribution in [1.82, 2.24) is 0 Å². The Morgan fingerprint density at radius 2 is 2.00 bits per heavy atom. The highest BCUT2D eigenvalue weighted by atomic mass is 16.5. The van der Waals surface area contributed by atoms with Crippen LogP contribution >= 0.6 is 0 Å². The van der Waals surface area contributed by atoms with Crippen LogP contribution in [0.15, 0.2) is 35.9 Å². The summed E-state index contributed by atoms with van der Waals surface area (Å²) < 4.78 is 5.07. The standard InChI is InChI=1S/C16H20O2/c1-3-13(10-12-8-6-5-7-9-12)14-11-15(14)16(17)18-4-2/h5-10,14-15H,3-4,11H2,1-2H3/b13-10+. The Kier molecular flexibility index (Phi) is 4.19. The van der Waals surface area contributed by atoms with Crippen LogP contribution in [0.25, 0.3) is 6.08 Å².